The van der Waals surface area contributed by atoms with Crippen molar-refractivity contribution < 1.29 is 156 Å². The molecule has 0 aliphatic carbocycles. The number of rotatable bonds is 28. The van der Waals surface area contributed by atoms with Crippen molar-refractivity contribution in [1.82, 2.24) is 9.80 Å². The van der Waals surface area contributed by atoms with Gasteiger partial charge in [0.15, 0.2) is 34.5 Å². The first-order valence-corrected chi connectivity index (χ1v) is 32.6. The summed E-state index contributed by atoms with van der Waals surface area (Å²) in [5.74, 6) is -11.6. The molecule has 104 heavy (non-hydrogen) atoms. The number of ether oxygens (including phenoxy) is 4. The molecule has 4 heterocycles. The Morgan fingerprint density at radius 1 is 0.433 bits per heavy atom. The van der Waals surface area contributed by atoms with E-state index in [1.165, 1.54) is 9.80 Å². The van der Waals surface area contributed by atoms with Gasteiger partial charge in [-0.25, -0.2) is 0 Å². The number of aliphatic hydroxyl groups excluding tert-OH is 2. The first kappa shape index (κ1) is 77.9. The van der Waals surface area contributed by atoms with Gasteiger partial charge in [-0.3, -0.25) is 28.8 Å². The van der Waals surface area contributed by atoms with Crippen LogP contribution in [0.1, 0.15) is 93.4 Å². The van der Waals surface area contributed by atoms with Crippen LogP contribution in [0, 0.1) is 11.8 Å². The van der Waals surface area contributed by atoms with Crippen LogP contribution in [0.5, 0.6) is 23.0 Å². The maximum atomic E-state index is 14.2. The number of hydrogen-bond acceptors (Lipinski definition) is 18. The number of carboxylic acids is 4. The average molecular weight is 1430 g/mol. The predicted octanol–water partition coefficient (Wildman–Crippen LogP) is 2.73. The van der Waals surface area contributed by atoms with Crippen molar-refractivity contribution in [3.05, 3.63) is 252 Å². The Morgan fingerprint density at radius 3 is 1.15 bits per heavy atom. The van der Waals surface area contributed by atoms with Crippen molar-refractivity contribution in [2.24, 2.45) is 11.8 Å². The van der Waals surface area contributed by atoms with E-state index < -0.39 is 108 Å². The number of aliphatic hydroxyl groups is 2. The first-order chi connectivity index (χ1) is 49.1. The fourth-order valence-electron chi connectivity index (χ4n) is 12.6. The standard InChI is InChI=1S/2C39H36N2O10.2Na/c2*1-23(41(38(46)36(44)31(39(47)48)20-35(42)43)21-24-11-12-25-7-5-6-8-26(25)17-24)30(27-13-15-32-34(18-27)50-22-49-32)19-29-14-16-33(51-29)37(45)40-28-9-3-2-4-10-28;;/h2*2-18,23,30-31,36,44H,19-22H2,1H3,(H,40,45)(H,42,43)(H,47,48);;/q;;2*+1/p-2. The summed E-state index contributed by atoms with van der Waals surface area (Å²) in [6.45, 7) is 3.46. The Hall–Kier alpha value is -10.3. The van der Waals surface area contributed by atoms with E-state index in [4.69, 9.17) is 27.8 Å². The molecule has 8 unspecified atom stereocenters. The normalized spacial score (nSPS) is 14.0. The van der Waals surface area contributed by atoms with Crippen LogP contribution in [0.15, 0.2) is 215 Å². The van der Waals surface area contributed by atoms with Gasteiger partial charge < -0.3 is 88.4 Å². The molecule has 2 aliphatic heterocycles. The van der Waals surface area contributed by atoms with Gasteiger partial charge in [-0.05, 0) is 143 Å². The maximum absolute atomic E-state index is 14.2. The van der Waals surface area contributed by atoms with Crippen LogP contribution in [-0.4, -0.2) is 116 Å². The number of benzene rings is 8. The van der Waals surface area contributed by atoms with Gasteiger partial charge in [-0.1, -0.05) is 121 Å². The van der Waals surface area contributed by atoms with E-state index in [1.807, 2.05) is 109 Å². The van der Waals surface area contributed by atoms with E-state index in [0.717, 1.165) is 21.5 Å². The number of nitrogens with one attached hydrogen (secondary N) is 2. The molecule has 12 rings (SSSR count). The number of anilines is 2. The number of aliphatic carboxylic acids is 4. The summed E-state index contributed by atoms with van der Waals surface area (Å²) >= 11 is 0. The van der Waals surface area contributed by atoms with Gasteiger partial charge in [0.2, 0.25) is 13.6 Å². The van der Waals surface area contributed by atoms with Gasteiger partial charge in [0, 0.05) is 86.0 Å². The molecule has 0 spiro atoms. The molecule has 26 heteroatoms. The molecule has 4 amide bonds. The number of furan rings is 2. The zero-order chi connectivity index (χ0) is 72.1. The molecule has 8 atom stereocenters. The molecule has 0 saturated heterocycles. The van der Waals surface area contributed by atoms with E-state index in [9.17, 15) is 69.0 Å². The summed E-state index contributed by atoms with van der Waals surface area (Å²) in [7, 11) is 0. The topological polar surface area (TPSA) is 357 Å². The first-order valence-electron chi connectivity index (χ1n) is 32.6. The number of para-hydroxylation sites is 2. The number of hydrogen-bond donors (Lipinski definition) is 6. The Kier molecular flexibility index (Phi) is 26.8. The monoisotopic (exact) mass is 1430 g/mol. The molecule has 0 radical (unpaired) electrons. The van der Waals surface area contributed by atoms with Crippen LogP contribution >= 0.6 is 0 Å². The van der Waals surface area contributed by atoms with E-state index in [-0.39, 0.29) is 110 Å². The summed E-state index contributed by atoms with van der Waals surface area (Å²) in [5, 5.41) is 74.1. The molecule has 6 N–H and O–H groups in total. The van der Waals surface area contributed by atoms with Gasteiger partial charge in [0.25, 0.3) is 23.6 Å². The van der Waals surface area contributed by atoms with E-state index in [1.54, 1.807) is 111 Å². The zero-order valence-corrected chi connectivity index (χ0v) is 61.1. The quantitative estimate of drug-likeness (QED) is 0.0384. The summed E-state index contributed by atoms with van der Waals surface area (Å²) in [6.07, 6.45) is -6.19. The van der Waals surface area contributed by atoms with Crippen LogP contribution in [0.4, 0.5) is 11.4 Å². The summed E-state index contributed by atoms with van der Waals surface area (Å²) in [6, 6.07) is 59.9. The van der Waals surface area contributed by atoms with E-state index in [2.05, 4.69) is 10.6 Å². The number of carbonyl (C=O) groups excluding carboxylic acids is 6. The fraction of sp³-hybridized carbons (Fsp3) is 0.231. The Balaban J connectivity index is 0.000000237. The van der Waals surface area contributed by atoms with Crippen molar-refractivity contribution in [3.63, 3.8) is 0 Å². The van der Waals surface area contributed by atoms with Crippen molar-refractivity contribution in [2.45, 2.75) is 88.7 Å². The predicted molar refractivity (Wildman–Crippen MR) is 366 cm³/mol. The second-order valence-corrected chi connectivity index (χ2v) is 24.7. The SMILES string of the molecule is CC(C(Cc1ccc(C(=O)Nc2ccccc2)o1)c1ccc2c(c1)OCO2)N(Cc1ccc2ccccc2c1)C(=O)C(O)C(CC(=O)[O-])C(=O)O.CC(C(Cc1ccc(C(=O)Nc2ccccc2)o1)c1ccc2c(c1)OCO2)N(Cc1ccc2ccccc2c1)C(=O)C(O)C(CC(=O)[O-])C(=O)O.[Na+].[Na+]. The minimum absolute atomic E-state index is 0. The van der Waals surface area contributed by atoms with Crippen LogP contribution in [0.3, 0.4) is 0 Å². The molecule has 0 bridgehead atoms. The van der Waals surface area contributed by atoms with Gasteiger partial charge >= 0.3 is 71.1 Å². The van der Waals surface area contributed by atoms with E-state index in [0.29, 0.717) is 68.1 Å². The maximum Gasteiger partial charge on any atom is 1.00 e. The average Bonchev–Trinajstić information content (AvgIpc) is 1.36. The second kappa shape index (κ2) is 35.7. The zero-order valence-electron chi connectivity index (χ0n) is 57.1. The number of nitrogens with zero attached hydrogens (tertiary/aromatic N) is 2. The Morgan fingerprint density at radius 2 is 0.788 bits per heavy atom. The molecule has 0 fully saturated rings. The molecule has 2 aromatic heterocycles. The summed E-state index contributed by atoms with van der Waals surface area (Å²) in [4.78, 5) is 104. The number of carbonyl (C=O) groups is 8. The van der Waals surface area contributed by atoms with Crippen molar-refractivity contribution in [2.75, 3.05) is 24.2 Å². The molecule has 8 aromatic carbocycles. The molecule has 0 saturated carbocycles. The van der Waals surface area contributed by atoms with Crippen LogP contribution in [-0.2, 0) is 54.7 Å². The van der Waals surface area contributed by atoms with Crippen molar-refractivity contribution >= 4 is 80.4 Å². The third kappa shape index (κ3) is 19.3. The third-order valence-corrected chi connectivity index (χ3v) is 18.0. The largest absolute Gasteiger partial charge is 1.00 e. The molecule has 2 aliphatic rings. The number of amides is 4. The van der Waals surface area contributed by atoms with Gasteiger partial charge in [-0.2, -0.15) is 0 Å². The van der Waals surface area contributed by atoms with E-state index >= 15 is 0 Å². The Labute approximate surface area is 640 Å². The number of fused-ring (bicyclic) bond motifs is 4. The molecule has 524 valence electrons. The van der Waals surface area contributed by atoms with Gasteiger partial charge in [0.05, 0.1) is 11.8 Å². The minimum Gasteiger partial charge on any atom is -0.550 e. The summed E-state index contributed by atoms with van der Waals surface area (Å²) < 4.78 is 34.3. The summed E-state index contributed by atoms with van der Waals surface area (Å²) in [5.41, 5.74) is 3.96. The van der Waals surface area contributed by atoms with Gasteiger partial charge in [-0.15, -0.1) is 0 Å². The molecule has 24 nitrogen and oxygen atoms in total. The van der Waals surface area contributed by atoms with Crippen LogP contribution in [0.25, 0.3) is 21.5 Å². The molecular formula is C78H70N4Na2O20. The van der Waals surface area contributed by atoms with Gasteiger partial charge in [0.1, 0.15) is 23.7 Å². The third-order valence-electron chi connectivity index (χ3n) is 18.0. The second-order valence-electron chi connectivity index (χ2n) is 24.7. The minimum atomic E-state index is -2.20. The smallest absolute Gasteiger partial charge is 0.550 e. The molecule has 10 aromatic rings. The fourth-order valence-corrected chi connectivity index (χ4v) is 12.6. The van der Waals surface area contributed by atoms with Crippen LogP contribution < -0.4 is 98.9 Å². The van der Waals surface area contributed by atoms with Crippen molar-refractivity contribution in [1.29, 1.82) is 0 Å². The Bertz CT molecular complexity index is 4430. The van der Waals surface area contributed by atoms with Crippen LogP contribution in [0.2, 0.25) is 0 Å². The number of carboxylic acid groups (broad SMARTS) is 4. The molecular weight excluding hydrogens is 1360 g/mol. The van der Waals surface area contributed by atoms with Crippen molar-refractivity contribution in [3.8, 4) is 23.0 Å².